The highest BCUT2D eigenvalue weighted by atomic mass is 16.3. The predicted octanol–water partition coefficient (Wildman–Crippen LogP) is 0.495. The van der Waals surface area contributed by atoms with Gasteiger partial charge in [-0.15, -0.1) is 0 Å². The van der Waals surface area contributed by atoms with Crippen molar-refractivity contribution in [2.45, 2.75) is 32.0 Å². The summed E-state index contributed by atoms with van der Waals surface area (Å²) in [6.45, 7) is 5.15. The molecule has 0 saturated carbocycles. The highest BCUT2D eigenvalue weighted by Crippen LogP contribution is 2.26. The molecule has 2 rings (SSSR count). The van der Waals surface area contributed by atoms with E-state index in [0.717, 1.165) is 12.2 Å². The Labute approximate surface area is 113 Å². The fourth-order valence-electron chi connectivity index (χ4n) is 2.64. The minimum Gasteiger partial charge on any atom is -0.394 e. The standard InChI is InChI=1S/C14H21N3O2/c1-14(2)10-16(3)12(9-18)13(19)17(14)8-11-6-4-5-7-15-11/h4-7,12,18H,8-10H2,1-3H3. The summed E-state index contributed by atoms with van der Waals surface area (Å²) >= 11 is 0. The first-order valence-corrected chi connectivity index (χ1v) is 6.48. The van der Waals surface area contributed by atoms with Gasteiger partial charge in [0.1, 0.15) is 6.04 Å². The van der Waals surface area contributed by atoms with Gasteiger partial charge in [0.15, 0.2) is 0 Å². The second-order valence-corrected chi connectivity index (χ2v) is 5.67. The Hall–Kier alpha value is -1.46. The van der Waals surface area contributed by atoms with Crippen LogP contribution in [-0.4, -0.2) is 57.6 Å². The molecule has 19 heavy (non-hydrogen) atoms. The van der Waals surface area contributed by atoms with Gasteiger partial charge in [0, 0.05) is 12.7 Å². The monoisotopic (exact) mass is 263 g/mol. The number of piperazine rings is 1. The zero-order valence-electron chi connectivity index (χ0n) is 11.7. The number of likely N-dealkylation sites (N-methyl/N-ethyl adjacent to an activating group) is 1. The van der Waals surface area contributed by atoms with Crippen LogP contribution in [0, 0.1) is 0 Å². The molecule has 0 aromatic carbocycles. The number of aromatic nitrogens is 1. The lowest BCUT2D eigenvalue weighted by molar-refractivity contribution is -0.153. The summed E-state index contributed by atoms with van der Waals surface area (Å²) < 4.78 is 0. The molecule has 0 bridgehead atoms. The quantitative estimate of drug-likeness (QED) is 0.862. The van der Waals surface area contributed by atoms with E-state index >= 15 is 0 Å². The lowest BCUT2D eigenvalue weighted by Crippen LogP contribution is -2.65. The zero-order chi connectivity index (χ0) is 14.0. The Bertz CT molecular complexity index is 447. The van der Waals surface area contributed by atoms with Gasteiger partial charge in [0.25, 0.3) is 0 Å². The second-order valence-electron chi connectivity index (χ2n) is 5.67. The molecule has 2 heterocycles. The molecule has 1 atom stereocenters. The summed E-state index contributed by atoms with van der Waals surface area (Å²) in [5, 5.41) is 9.38. The molecule has 1 aliphatic heterocycles. The number of aliphatic hydroxyl groups is 1. The summed E-state index contributed by atoms with van der Waals surface area (Å²) in [6, 6.07) is 5.24. The molecule has 1 amide bonds. The Balaban J connectivity index is 2.23. The molecule has 5 nitrogen and oxygen atoms in total. The maximum atomic E-state index is 12.5. The summed E-state index contributed by atoms with van der Waals surface area (Å²) in [5.74, 6) is -0.0353. The molecule has 1 aromatic heterocycles. The average Bonchev–Trinajstić information content (AvgIpc) is 2.35. The normalized spacial score (nSPS) is 23.7. The topological polar surface area (TPSA) is 56.7 Å². The average molecular weight is 263 g/mol. The van der Waals surface area contributed by atoms with E-state index in [1.54, 1.807) is 6.20 Å². The third-order valence-corrected chi connectivity index (χ3v) is 3.67. The maximum absolute atomic E-state index is 12.5. The van der Waals surface area contributed by atoms with Crippen LogP contribution in [0.4, 0.5) is 0 Å². The van der Waals surface area contributed by atoms with Crippen molar-refractivity contribution in [1.82, 2.24) is 14.8 Å². The van der Waals surface area contributed by atoms with Crippen LogP contribution in [0.5, 0.6) is 0 Å². The van der Waals surface area contributed by atoms with Crippen molar-refractivity contribution in [3.05, 3.63) is 30.1 Å². The third-order valence-electron chi connectivity index (χ3n) is 3.67. The summed E-state index contributed by atoms with van der Waals surface area (Å²) in [5.41, 5.74) is 0.597. The van der Waals surface area contributed by atoms with Gasteiger partial charge in [-0.2, -0.15) is 0 Å². The number of amides is 1. The minimum atomic E-state index is -0.447. The molecule has 1 N–H and O–H groups in total. The molecule has 1 saturated heterocycles. The van der Waals surface area contributed by atoms with E-state index in [1.165, 1.54) is 0 Å². The van der Waals surface area contributed by atoms with Gasteiger partial charge in [-0.25, -0.2) is 0 Å². The molecule has 1 aromatic rings. The number of hydrogen-bond acceptors (Lipinski definition) is 4. The molecular weight excluding hydrogens is 242 g/mol. The Morgan fingerprint density at radius 3 is 2.79 bits per heavy atom. The van der Waals surface area contributed by atoms with Crippen LogP contribution < -0.4 is 0 Å². The Morgan fingerprint density at radius 1 is 1.47 bits per heavy atom. The van der Waals surface area contributed by atoms with E-state index < -0.39 is 6.04 Å². The molecule has 1 aliphatic rings. The lowest BCUT2D eigenvalue weighted by atomic mass is 9.95. The molecular formula is C14H21N3O2. The molecule has 0 radical (unpaired) electrons. The van der Waals surface area contributed by atoms with E-state index in [9.17, 15) is 9.90 Å². The summed E-state index contributed by atoms with van der Waals surface area (Å²) in [7, 11) is 1.87. The fraction of sp³-hybridized carbons (Fsp3) is 0.571. The van der Waals surface area contributed by atoms with Crippen molar-refractivity contribution < 1.29 is 9.90 Å². The number of carbonyl (C=O) groups is 1. The van der Waals surface area contributed by atoms with Crippen LogP contribution >= 0.6 is 0 Å². The number of pyridine rings is 1. The smallest absolute Gasteiger partial charge is 0.243 e. The van der Waals surface area contributed by atoms with Gasteiger partial charge in [0.2, 0.25) is 5.91 Å². The van der Waals surface area contributed by atoms with Crippen LogP contribution in [0.3, 0.4) is 0 Å². The first-order valence-electron chi connectivity index (χ1n) is 6.48. The fourth-order valence-corrected chi connectivity index (χ4v) is 2.64. The first-order chi connectivity index (χ1) is 8.95. The van der Waals surface area contributed by atoms with Crippen LogP contribution in [0.1, 0.15) is 19.5 Å². The van der Waals surface area contributed by atoms with Gasteiger partial charge in [-0.1, -0.05) is 6.07 Å². The zero-order valence-corrected chi connectivity index (χ0v) is 11.7. The number of aliphatic hydroxyl groups excluding tert-OH is 1. The van der Waals surface area contributed by atoms with Crippen molar-refractivity contribution >= 4 is 5.91 Å². The Kier molecular flexibility index (Phi) is 3.87. The van der Waals surface area contributed by atoms with E-state index in [-0.39, 0.29) is 18.1 Å². The lowest BCUT2D eigenvalue weighted by Gasteiger charge is -2.49. The van der Waals surface area contributed by atoms with Crippen molar-refractivity contribution in [3.63, 3.8) is 0 Å². The van der Waals surface area contributed by atoms with Gasteiger partial charge in [0.05, 0.1) is 24.4 Å². The predicted molar refractivity (Wildman–Crippen MR) is 72.4 cm³/mol. The summed E-state index contributed by atoms with van der Waals surface area (Å²) in [4.78, 5) is 20.5. The van der Waals surface area contributed by atoms with E-state index in [0.29, 0.717) is 6.54 Å². The summed E-state index contributed by atoms with van der Waals surface area (Å²) in [6.07, 6.45) is 1.73. The van der Waals surface area contributed by atoms with Crippen molar-refractivity contribution in [2.24, 2.45) is 0 Å². The van der Waals surface area contributed by atoms with Crippen LogP contribution in [-0.2, 0) is 11.3 Å². The van der Waals surface area contributed by atoms with E-state index in [2.05, 4.69) is 4.98 Å². The maximum Gasteiger partial charge on any atom is 0.243 e. The van der Waals surface area contributed by atoms with Gasteiger partial charge >= 0.3 is 0 Å². The van der Waals surface area contributed by atoms with Crippen LogP contribution in [0.25, 0.3) is 0 Å². The molecule has 0 aliphatic carbocycles. The molecule has 0 spiro atoms. The largest absolute Gasteiger partial charge is 0.394 e. The number of rotatable bonds is 3. The number of nitrogens with zero attached hydrogens (tertiary/aromatic N) is 3. The molecule has 104 valence electrons. The van der Waals surface area contributed by atoms with Gasteiger partial charge in [-0.3, -0.25) is 14.7 Å². The Morgan fingerprint density at radius 2 is 2.21 bits per heavy atom. The van der Waals surface area contributed by atoms with Crippen molar-refractivity contribution in [2.75, 3.05) is 20.2 Å². The molecule has 1 unspecified atom stereocenters. The number of hydrogen-bond donors (Lipinski definition) is 1. The van der Waals surface area contributed by atoms with Gasteiger partial charge < -0.3 is 10.0 Å². The highest BCUT2D eigenvalue weighted by Gasteiger charge is 2.42. The first kappa shape index (κ1) is 14.0. The third kappa shape index (κ3) is 2.77. The minimum absolute atomic E-state index is 0.0353. The highest BCUT2D eigenvalue weighted by molar-refractivity contribution is 5.83. The molecule has 5 heteroatoms. The van der Waals surface area contributed by atoms with Gasteiger partial charge in [-0.05, 0) is 33.0 Å². The SMILES string of the molecule is CN1CC(C)(C)N(Cc2ccccn2)C(=O)C1CO. The van der Waals surface area contributed by atoms with Crippen LogP contribution in [0.2, 0.25) is 0 Å². The van der Waals surface area contributed by atoms with E-state index in [1.807, 2.05) is 48.9 Å². The molecule has 1 fully saturated rings. The van der Waals surface area contributed by atoms with E-state index in [4.69, 9.17) is 0 Å². The second kappa shape index (κ2) is 5.27. The van der Waals surface area contributed by atoms with Crippen LogP contribution in [0.15, 0.2) is 24.4 Å². The van der Waals surface area contributed by atoms with Crippen molar-refractivity contribution in [1.29, 1.82) is 0 Å². The number of carbonyl (C=O) groups excluding carboxylic acids is 1. The van der Waals surface area contributed by atoms with Crippen molar-refractivity contribution in [3.8, 4) is 0 Å².